The average molecular weight is 442 g/mol. The number of hydrogen-bond acceptors (Lipinski definition) is 6. The third kappa shape index (κ3) is 4.81. The van der Waals surface area contributed by atoms with Crippen LogP contribution in [-0.4, -0.2) is 65.0 Å². The Morgan fingerprint density at radius 1 is 1.26 bits per heavy atom. The lowest BCUT2D eigenvalue weighted by molar-refractivity contribution is 0.0376. The fourth-order valence-corrected chi connectivity index (χ4v) is 5.24. The molecule has 0 unspecified atom stereocenters. The Labute approximate surface area is 187 Å². The summed E-state index contributed by atoms with van der Waals surface area (Å²) in [5, 5.41) is 5.12. The Morgan fingerprint density at radius 3 is 2.77 bits per heavy atom. The topological polar surface area (TPSA) is 63.5 Å². The minimum absolute atomic E-state index is 0.0402. The van der Waals surface area contributed by atoms with Gasteiger partial charge in [-0.05, 0) is 57.4 Å². The smallest absolute Gasteiger partial charge is 0.278 e. The number of morpholine rings is 1. The number of nitrogens with zero attached hydrogens (tertiary/aromatic N) is 5. The molecule has 1 amide bonds. The van der Waals surface area contributed by atoms with E-state index in [4.69, 9.17) is 9.72 Å². The highest BCUT2D eigenvalue weighted by atomic mass is 32.1. The number of hydrogen-bond donors (Lipinski definition) is 0. The van der Waals surface area contributed by atoms with Crippen LogP contribution in [0.4, 0.5) is 5.13 Å². The minimum Gasteiger partial charge on any atom is -0.379 e. The van der Waals surface area contributed by atoms with E-state index < -0.39 is 0 Å². The van der Waals surface area contributed by atoms with Crippen LogP contribution >= 0.6 is 11.3 Å². The van der Waals surface area contributed by atoms with Gasteiger partial charge in [-0.2, -0.15) is 5.10 Å². The quantitative estimate of drug-likeness (QED) is 0.553. The van der Waals surface area contributed by atoms with Crippen LogP contribution in [-0.2, 0) is 4.74 Å². The van der Waals surface area contributed by atoms with Crippen LogP contribution in [0.15, 0.2) is 24.4 Å². The highest BCUT2D eigenvalue weighted by molar-refractivity contribution is 7.22. The summed E-state index contributed by atoms with van der Waals surface area (Å²) in [6, 6.07) is 6.21. The molecule has 1 fully saturated rings. The van der Waals surface area contributed by atoms with Gasteiger partial charge in [0.2, 0.25) is 0 Å². The van der Waals surface area contributed by atoms with Crippen molar-refractivity contribution in [3.05, 3.63) is 41.2 Å². The molecule has 1 aromatic carbocycles. The number of ether oxygens (including phenoxy) is 1. The first-order valence-corrected chi connectivity index (χ1v) is 11.8. The largest absolute Gasteiger partial charge is 0.379 e. The molecule has 8 heteroatoms. The number of rotatable bonds is 7. The number of carbonyl (C=O) groups is 1. The Hall–Kier alpha value is -2.29. The monoisotopic (exact) mass is 441 g/mol. The molecule has 0 spiro atoms. The second kappa shape index (κ2) is 9.46. The zero-order valence-electron chi connectivity index (χ0n) is 18.8. The van der Waals surface area contributed by atoms with Gasteiger partial charge in [-0.3, -0.25) is 19.3 Å². The van der Waals surface area contributed by atoms with Crippen molar-refractivity contribution in [3.63, 3.8) is 0 Å². The molecule has 1 aliphatic rings. The van der Waals surface area contributed by atoms with E-state index in [0.717, 1.165) is 60.2 Å². The number of carbonyl (C=O) groups excluding carboxylic acids is 1. The molecule has 166 valence electrons. The van der Waals surface area contributed by atoms with Crippen molar-refractivity contribution in [2.24, 2.45) is 0 Å². The van der Waals surface area contributed by atoms with Crippen molar-refractivity contribution in [1.82, 2.24) is 19.7 Å². The van der Waals surface area contributed by atoms with Gasteiger partial charge in [-0.1, -0.05) is 17.4 Å². The molecule has 0 N–H and O–H groups in total. The van der Waals surface area contributed by atoms with Crippen LogP contribution in [0.3, 0.4) is 0 Å². The van der Waals surface area contributed by atoms with E-state index in [9.17, 15) is 4.79 Å². The van der Waals surface area contributed by atoms with E-state index in [-0.39, 0.29) is 11.9 Å². The van der Waals surface area contributed by atoms with Crippen molar-refractivity contribution in [2.75, 3.05) is 44.3 Å². The summed E-state index contributed by atoms with van der Waals surface area (Å²) in [6.07, 6.45) is 2.58. The fraction of sp³-hybridized carbons (Fsp3) is 0.522. The molecular formula is C23H31N5O2S. The van der Waals surface area contributed by atoms with Crippen LogP contribution in [0.5, 0.6) is 0 Å². The van der Waals surface area contributed by atoms with Crippen molar-refractivity contribution >= 4 is 32.6 Å². The van der Waals surface area contributed by atoms with Gasteiger partial charge in [0.1, 0.15) is 5.69 Å². The zero-order chi connectivity index (χ0) is 22.0. The van der Waals surface area contributed by atoms with E-state index in [1.54, 1.807) is 28.3 Å². The summed E-state index contributed by atoms with van der Waals surface area (Å²) in [7, 11) is 0. The molecule has 1 aliphatic heterocycles. The van der Waals surface area contributed by atoms with Crippen LogP contribution in [0, 0.1) is 13.8 Å². The van der Waals surface area contributed by atoms with E-state index in [1.165, 1.54) is 5.56 Å². The molecule has 0 bridgehead atoms. The van der Waals surface area contributed by atoms with E-state index in [0.29, 0.717) is 12.2 Å². The van der Waals surface area contributed by atoms with Crippen LogP contribution < -0.4 is 4.90 Å². The van der Waals surface area contributed by atoms with Crippen molar-refractivity contribution < 1.29 is 9.53 Å². The predicted molar refractivity (Wildman–Crippen MR) is 125 cm³/mol. The molecular weight excluding hydrogens is 410 g/mol. The molecule has 31 heavy (non-hydrogen) atoms. The number of aromatic nitrogens is 3. The van der Waals surface area contributed by atoms with Gasteiger partial charge in [0.15, 0.2) is 5.13 Å². The molecule has 0 radical (unpaired) electrons. The Kier molecular flexibility index (Phi) is 6.69. The first kappa shape index (κ1) is 21.9. The van der Waals surface area contributed by atoms with Crippen molar-refractivity contribution in [2.45, 2.75) is 40.2 Å². The van der Waals surface area contributed by atoms with E-state index in [1.807, 2.05) is 18.7 Å². The van der Waals surface area contributed by atoms with Crippen molar-refractivity contribution in [3.8, 4) is 0 Å². The molecule has 3 aromatic rings. The van der Waals surface area contributed by atoms with E-state index >= 15 is 0 Å². The number of fused-ring (bicyclic) bond motifs is 1. The third-order valence-corrected chi connectivity index (χ3v) is 6.66. The van der Waals surface area contributed by atoms with E-state index in [2.05, 4.69) is 36.0 Å². The maximum Gasteiger partial charge on any atom is 0.278 e. The summed E-state index contributed by atoms with van der Waals surface area (Å²) in [4.78, 5) is 22.8. The normalized spacial score (nSPS) is 15.1. The van der Waals surface area contributed by atoms with Gasteiger partial charge in [-0.15, -0.1) is 0 Å². The van der Waals surface area contributed by atoms with Crippen LogP contribution in [0.25, 0.3) is 10.2 Å². The fourth-order valence-electron chi connectivity index (χ4n) is 4.07. The Balaban J connectivity index is 1.62. The van der Waals surface area contributed by atoms with Crippen LogP contribution in [0.2, 0.25) is 0 Å². The Bertz CT molecular complexity index is 1050. The molecule has 7 nitrogen and oxygen atoms in total. The first-order chi connectivity index (χ1) is 14.9. The lowest BCUT2D eigenvalue weighted by Gasteiger charge is -2.28. The van der Waals surface area contributed by atoms with Gasteiger partial charge in [0.05, 0.1) is 23.4 Å². The molecule has 2 aromatic heterocycles. The highest BCUT2D eigenvalue weighted by Gasteiger charge is 2.25. The third-order valence-electron chi connectivity index (χ3n) is 5.63. The number of benzene rings is 1. The molecule has 0 atom stereocenters. The lowest BCUT2D eigenvalue weighted by atomic mass is 10.1. The van der Waals surface area contributed by atoms with Crippen LogP contribution in [0.1, 0.15) is 47.9 Å². The second-order valence-corrected chi connectivity index (χ2v) is 9.45. The summed E-state index contributed by atoms with van der Waals surface area (Å²) in [6.45, 7) is 13.3. The average Bonchev–Trinajstić information content (AvgIpc) is 3.39. The maximum absolute atomic E-state index is 13.6. The zero-order valence-corrected chi connectivity index (χ0v) is 19.6. The SMILES string of the molecule is Cc1cc(C)c2nc(N(CCCN3CCOCC3)C(=O)c3ccnn3C(C)C)sc2c1. The number of thiazole rings is 1. The number of amides is 1. The summed E-state index contributed by atoms with van der Waals surface area (Å²) in [5.74, 6) is -0.0402. The maximum atomic E-state index is 13.6. The molecule has 0 aliphatic carbocycles. The first-order valence-electron chi connectivity index (χ1n) is 11.0. The molecule has 0 saturated carbocycles. The molecule has 4 rings (SSSR count). The summed E-state index contributed by atoms with van der Waals surface area (Å²) < 4.78 is 8.36. The van der Waals surface area contributed by atoms with Gasteiger partial charge < -0.3 is 4.74 Å². The van der Waals surface area contributed by atoms with Gasteiger partial charge in [-0.25, -0.2) is 4.98 Å². The Morgan fingerprint density at radius 2 is 2.03 bits per heavy atom. The number of aryl methyl sites for hydroxylation is 2. The number of anilines is 1. The van der Waals surface area contributed by atoms with Gasteiger partial charge in [0.25, 0.3) is 5.91 Å². The standard InChI is InChI=1S/C23H31N5O2S/c1-16(2)28-19(6-7-24-28)22(29)27(9-5-8-26-10-12-30-13-11-26)23-25-21-18(4)14-17(3)15-20(21)31-23/h6-7,14-16H,5,8-13H2,1-4H3. The molecule has 3 heterocycles. The lowest BCUT2D eigenvalue weighted by Crippen LogP contribution is -2.39. The van der Waals surface area contributed by atoms with Gasteiger partial charge >= 0.3 is 0 Å². The second-order valence-electron chi connectivity index (χ2n) is 8.44. The molecule has 1 saturated heterocycles. The minimum atomic E-state index is -0.0402. The summed E-state index contributed by atoms with van der Waals surface area (Å²) in [5.41, 5.74) is 3.94. The highest BCUT2D eigenvalue weighted by Crippen LogP contribution is 2.32. The summed E-state index contributed by atoms with van der Waals surface area (Å²) >= 11 is 1.59. The van der Waals surface area contributed by atoms with Crippen molar-refractivity contribution in [1.29, 1.82) is 0 Å². The van der Waals surface area contributed by atoms with Gasteiger partial charge in [0, 0.05) is 38.4 Å². The predicted octanol–water partition coefficient (Wildman–Crippen LogP) is 4.06.